The molecule has 2 heterocycles. The van der Waals surface area contributed by atoms with E-state index >= 15 is 0 Å². The second-order valence-electron chi connectivity index (χ2n) is 4.64. The van der Waals surface area contributed by atoms with Gasteiger partial charge in [-0.3, -0.25) is 14.2 Å². The van der Waals surface area contributed by atoms with Crippen LogP contribution in [0.5, 0.6) is 0 Å². The van der Waals surface area contributed by atoms with Crippen molar-refractivity contribution in [3.8, 4) is 0 Å². The third-order valence-electron chi connectivity index (χ3n) is 2.33. The predicted molar refractivity (Wildman–Crippen MR) is 61.6 cm³/mol. The fraction of sp³-hybridized carbons (Fsp3) is 0.364. The molecule has 0 aromatic carbocycles. The Bertz CT molecular complexity index is 647. The molecule has 0 fully saturated rings. The maximum atomic E-state index is 11.8. The molecule has 0 aliphatic carbocycles. The minimum absolute atomic E-state index is 0.432. The molecule has 2 aromatic heterocycles. The second-order valence-corrected chi connectivity index (χ2v) is 4.64. The molecule has 5 heteroatoms. The van der Waals surface area contributed by atoms with Crippen molar-refractivity contribution in [2.45, 2.75) is 26.3 Å². The zero-order chi connectivity index (χ0) is 11.9. The van der Waals surface area contributed by atoms with Crippen LogP contribution in [0.15, 0.2) is 27.9 Å². The van der Waals surface area contributed by atoms with E-state index in [0.29, 0.717) is 11.2 Å². The summed E-state index contributed by atoms with van der Waals surface area (Å²) in [7, 11) is 0. The van der Waals surface area contributed by atoms with Crippen molar-refractivity contribution in [1.82, 2.24) is 14.5 Å². The highest BCUT2D eigenvalue weighted by Crippen LogP contribution is 2.15. The lowest BCUT2D eigenvalue weighted by Crippen LogP contribution is -2.43. The highest BCUT2D eigenvalue weighted by molar-refractivity contribution is 5.69. The lowest BCUT2D eigenvalue weighted by molar-refractivity contribution is 0.395. The fourth-order valence-electron chi connectivity index (χ4n) is 1.71. The average Bonchev–Trinajstić information content (AvgIpc) is 2.17. The number of hydrogen-bond donors (Lipinski definition) is 1. The van der Waals surface area contributed by atoms with Crippen LogP contribution in [-0.4, -0.2) is 14.5 Å². The van der Waals surface area contributed by atoms with E-state index in [2.05, 4.69) is 9.97 Å². The van der Waals surface area contributed by atoms with Crippen molar-refractivity contribution < 1.29 is 0 Å². The summed E-state index contributed by atoms with van der Waals surface area (Å²) in [5.41, 5.74) is -0.567. The van der Waals surface area contributed by atoms with Gasteiger partial charge in [0.1, 0.15) is 0 Å². The molecular weight excluding hydrogens is 206 g/mol. The second kappa shape index (κ2) is 3.30. The summed E-state index contributed by atoms with van der Waals surface area (Å²) >= 11 is 0. The monoisotopic (exact) mass is 219 g/mol. The predicted octanol–water partition coefficient (Wildman–Crippen LogP) is 0.840. The Labute approximate surface area is 91.8 Å². The van der Waals surface area contributed by atoms with Gasteiger partial charge in [-0.25, -0.2) is 4.98 Å². The highest BCUT2D eigenvalue weighted by Gasteiger charge is 2.19. The number of aromatic amines is 1. The zero-order valence-corrected chi connectivity index (χ0v) is 9.44. The van der Waals surface area contributed by atoms with E-state index in [4.69, 9.17) is 0 Å². The molecule has 0 bridgehead atoms. The molecule has 0 radical (unpaired) electrons. The topological polar surface area (TPSA) is 67.8 Å². The lowest BCUT2D eigenvalue weighted by Gasteiger charge is -2.23. The van der Waals surface area contributed by atoms with Crippen LogP contribution < -0.4 is 11.1 Å². The molecule has 0 aliphatic rings. The molecule has 0 amide bonds. The van der Waals surface area contributed by atoms with Crippen LogP contribution in [0.2, 0.25) is 0 Å². The quantitative estimate of drug-likeness (QED) is 0.667. The first-order valence-corrected chi connectivity index (χ1v) is 5.02. The van der Waals surface area contributed by atoms with Crippen molar-refractivity contribution in [2.75, 3.05) is 0 Å². The summed E-state index contributed by atoms with van der Waals surface area (Å²) in [6.07, 6.45) is 1.58. The number of nitrogens with zero attached hydrogens (tertiary/aromatic N) is 2. The molecule has 0 spiro atoms. The maximum Gasteiger partial charge on any atom is 0.317 e. The first-order valence-electron chi connectivity index (χ1n) is 5.02. The Hall–Kier alpha value is -1.91. The Morgan fingerprint density at radius 3 is 2.62 bits per heavy atom. The van der Waals surface area contributed by atoms with Gasteiger partial charge >= 0.3 is 11.1 Å². The maximum absolute atomic E-state index is 11.8. The van der Waals surface area contributed by atoms with Crippen LogP contribution in [0.1, 0.15) is 20.8 Å². The van der Waals surface area contributed by atoms with E-state index in [1.54, 1.807) is 18.3 Å². The summed E-state index contributed by atoms with van der Waals surface area (Å²) in [5.74, 6) is 0. The Balaban J connectivity index is 3.05. The van der Waals surface area contributed by atoms with Gasteiger partial charge in [-0.1, -0.05) is 0 Å². The van der Waals surface area contributed by atoms with Gasteiger partial charge in [0.15, 0.2) is 5.65 Å². The number of pyridine rings is 1. The van der Waals surface area contributed by atoms with Crippen LogP contribution in [0, 0.1) is 0 Å². The van der Waals surface area contributed by atoms with Crippen molar-refractivity contribution in [1.29, 1.82) is 0 Å². The van der Waals surface area contributed by atoms with E-state index in [1.165, 1.54) is 4.57 Å². The molecule has 0 aliphatic heterocycles. The third kappa shape index (κ3) is 1.54. The zero-order valence-electron chi connectivity index (χ0n) is 9.44. The van der Waals surface area contributed by atoms with Gasteiger partial charge in [-0.05, 0) is 32.9 Å². The van der Waals surface area contributed by atoms with Crippen molar-refractivity contribution >= 4 is 11.2 Å². The normalized spacial score (nSPS) is 11.9. The van der Waals surface area contributed by atoms with E-state index in [-0.39, 0.29) is 0 Å². The number of hydrogen-bond acceptors (Lipinski definition) is 3. The van der Waals surface area contributed by atoms with Gasteiger partial charge in [0.2, 0.25) is 0 Å². The number of nitrogens with one attached hydrogen (secondary N) is 1. The third-order valence-corrected chi connectivity index (χ3v) is 2.33. The molecule has 16 heavy (non-hydrogen) atoms. The highest BCUT2D eigenvalue weighted by atomic mass is 16.2. The molecule has 2 aromatic rings. The van der Waals surface area contributed by atoms with Crippen molar-refractivity contribution in [3.05, 3.63) is 39.0 Å². The van der Waals surface area contributed by atoms with Gasteiger partial charge in [0.05, 0.1) is 5.52 Å². The van der Waals surface area contributed by atoms with Gasteiger partial charge in [-0.15, -0.1) is 0 Å². The molecule has 0 saturated heterocycles. The smallest absolute Gasteiger partial charge is 0.301 e. The first kappa shape index (κ1) is 10.6. The Morgan fingerprint density at radius 1 is 1.31 bits per heavy atom. The minimum Gasteiger partial charge on any atom is -0.301 e. The summed E-state index contributed by atoms with van der Waals surface area (Å²) in [4.78, 5) is 29.8. The number of rotatable bonds is 0. The molecule has 1 N–H and O–H groups in total. The van der Waals surface area contributed by atoms with E-state index in [1.807, 2.05) is 20.8 Å². The molecule has 2 rings (SSSR count). The summed E-state index contributed by atoms with van der Waals surface area (Å²) in [6.45, 7) is 5.63. The van der Waals surface area contributed by atoms with E-state index < -0.39 is 16.7 Å². The molecule has 0 saturated carbocycles. The van der Waals surface area contributed by atoms with Gasteiger partial charge < -0.3 is 4.98 Å². The molecular formula is C11H13N3O2. The fourth-order valence-corrected chi connectivity index (χ4v) is 1.71. The van der Waals surface area contributed by atoms with Crippen molar-refractivity contribution in [2.24, 2.45) is 0 Å². The van der Waals surface area contributed by atoms with Crippen molar-refractivity contribution in [3.63, 3.8) is 0 Å². The van der Waals surface area contributed by atoms with Crippen LogP contribution in [0.25, 0.3) is 11.2 Å². The number of fused-ring (bicyclic) bond motifs is 1. The number of H-pyrrole nitrogens is 1. The van der Waals surface area contributed by atoms with Gasteiger partial charge in [0, 0.05) is 11.7 Å². The molecule has 84 valence electrons. The van der Waals surface area contributed by atoms with E-state index in [0.717, 1.165) is 0 Å². The van der Waals surface area contributed by atoms with Gasteiger partial charge in [-0.2, -0.15) is 0 Å². The van der Waals surface area contributed by atoms with Crippen LogP contribution >= 0.6 is 0 Å². The average molecular weight is 219 g/mol. The summed E-state index contributed by atoms with van der Waals surface area (Å²) < 4.78 is 1.47. The largest absolute Gasteiger partial charge is 0.317 e. The molecule has 0 atom stereocenters. The summed E-state index contributed by atoms with van der Waals surface area (Å²) in [6, 6.07) is 3.51. The molecule has 0 unspecified atom stereocenters. The van der Waals surface area contributed by atoms with Crippen LogP contribution in [-0.2, 0) is 5.54 Å². The van der Waals surface area contributed by atoms with Gasteiger partial charge in [0.25, 0.3) is 0 Å². The Kier molecular flexibility index (Phi) is 2.18. The standard InChI is InChI=1S/C11H13N3O2/c1-11(2,3)14-7-5-4-6-12-8(7)13-9(15)10(14)16/h4-6H,1-3H3,(H,12,13,15). The van der Waals surface area contributed by atoms with Crippen LogP contribution in [0.3, 0.4) is 0 Å². The SMILES string of the molecule is CC(C)(C)n1c(=O)c(=O)[nH]c2ncccc21. The first-order chi connectivity index (χ1) is 7.41. The Morgan fingerprint density at radius 2 is 2.00 bits per heavy atom. The molecule has 5 nitrogen and oxygen atoms in total. The number of aromatic nitrogens is 3. The lowest BCUT2D eigenvalue weighted by atomic mass is 10.1. The van der Waals surface area contributed by atoms with E-state index in [9.17, 15) is 9.59 Å². The summed E-state index contributed by atoms with van der Waals surface area (Å²) in [5, 5.41) is 0. The van der Waals surface area contributed by atoms with Crippen LogP contribution in [0.4, 0.5) is 0 Å². The minimum atomic E-state index is -0.638.